The molecule has 1 aliphatic heterocycles. The van der Waals surface area contributed by atoms with Crippen molar-refractivity contribution in [3.05, 3.63) is 34.3 Å². The number of rotatable bonds is 0. The molecule has 0 N–H and O–H groups in total. The maximum absolute atomic E-state index is 5.04. The Morgan fingerprint density at radius 2 is 2.23 bits per heavy atom. The molecule has 1 aromatic carbocycles. The second-order valence-electron chi connectivity index (χ2n) is 3.01. The molecule has 0 aromatic heterocycles. The van der Waals surface area contributed by atoms with Crippen molar-refractivity contribution < 1.29 is 4.74 Å². The minimum Gasteiger partial charge on any atom is -0.379 e. The first-order valence-corrected chi connectivity index (χ1v) is 4.99. The van der Waals surface area contributed by atoms with Gasteiger partial charge in [0.05, 0.1) is 19.1 Å². The molecule has 1 nitrogen and oxygen atoms in total. The summed E-state index contributed by atoms with van der Waals surface area (Å²) in [5, 5.41) is 0. The maximum Gasteiger partial charge on any atom is 0.0674 e. The number of benzene rings is 1. The Bertz CT molecular complexity index is 358. The molecular weight excluding hydrogens is 228 g/mol. The molecule has 1 fully saturated rings. The molecule has 0 spiro atoms. The minimum atomic E-state index is 0.444. The van der Waals surface area contributed by atoms with E-state index in [0.717, 1.165) is 23.2 Å². The van der Waals surface area contributed by atoms with Crippen molar-refractivity contribution >= 4 is 15.9 Å². The molecule has 0 unspecified atom stereocenters. The summed E-state index contributed by atoms with van der Waals surface area (Å²) >= 11 is 3.41. The monoisotopic (exact) mass is 236 g/mol. The van der Waals surface area contributed by atoms with Crippen LogP contribution in [0.25, 0.3) is 0 Å². The van der Waals surface area contributed by atoms with Gasteiger partial charge in [0.25, 0.3) is 0 Å². The predicted octanol–water partition coefficient (Wildman–Crippen LogP) is 2.45. The Kier molecular flexibility index (Phi) is 2.68. The van der Waals surface area contributed by atoms with Gasteiger partial charge in [0.1, 0.15) is 0 Å². The molecule has 2 heteroatoms. The lowest BCUT2D eigenvalue weighted by molar-refractivity contribution is -0.00300. The van der Waals surface area contributed by atoms with Crippen molar-refractivity contribution in [1.29, 1.82) is 0 Å². The highest BCUT2D eigenvalue weighted by Crippen LogP contribution is 2.12. The quantitative estimate of drug-likeness (QED) is 0.630. The van der Waals surface area contributed by atoms with Gasteiger partial charge >= 0.3 is 0 Å². The van der Waals surface area contributed by atoms with Gasteiger partial charge in [-0.2, -0.15) is 0 Å². The molecule has 66 valence electrons. The van der Waals surface area contributed by atoms with Gasteiger partial charge in [-0.25, -0.2) is 0 Å². The summed E-state index contributed by atoms with van der Waals surface area (Å²) in [6.45, 7) is 1.59. The third kappa shape index (κ3) is 2.33. The summed E-state index contributed by atoms with van der Waals surface area (Å²) in [4.78, 5) is 0. The van der Waals surface area contributed by atoms with Crippen molar-refractivity contribution in [2.24, 2.45) is 5.92 Å². The number of halogens is 1. The van der Waals surface area contributed by atoms with Crippen LogP contribution in [0.3, 0.4) is 0 Å². The lowest BCUT2D eigenvalue weighted by Crippen LogP contribution is -2.25. The van der Waals surface area contributed by atoms with Crippen LogP contribution in [-0.4, -0.2) is 13.2 Å². The number of hydrogen-bond donors (Lipinski definition) is 0. The van der Waals surface area contributed by atoms with Crippen LogP contribution in [0.2, 0.25) is 0 Å². The maximum atomic E-state index is 5.04. The van der Waals surface area contributed by atoms with Crippen molar-refractivity contribution in [3.63, 3.8) is 0 Å². The summed E-state index contributed by atoms with van der Waals surface area (Å²) in [5.74, 6) is 6.74. The molecular formula is C11H9BrO. The Morgan fingerprint density at radius 3 is 2.85 bits per heavy atom. The van der Waals surface area contributed by atoms with E-state index in [1.165, 1.54) is 0 Å². The Morgan fingerprint density at radius 1 is 1.38 bits per heavy atom. The zero-order chi connectivity index (χ0) is 9.10. The predicted molar refractivity (Wildman–Crippen MR) is 55.3 cm³/mol. The van der Waals surface area contributed by atoms with Gasteiger partial charge in [-0.15, -0.1) is 0 Å². The Hall–Kier alpha value is -0.780. The zero-order valence-corrected chi connectivity index (χ0v) is 8.67. The van der Waals surface area contributed by atoms with Gasteiger partial charge in [0.15, 0.2) is 0 Å². The summed E-state index contributed by atoms with van der Waals surface area (Å²) < 4.78 is 6.11. The topological polar surface area (TPSA) is 9.23 Å². The first-order chi connectivity index (χ1) is 6.34. The molecule has 1 heterocycles. The third-order valence-electron chi connectivity index (χ3n) is 1.88. The first kappa shape index (κ1) is 8.80. The fraction of sp³-hybridized carbons (Fsp3) is 0.273. The van der Waals surface area contributed by atoms with Crippen LogP contribution in [0.4, 0.5) is 0 Å². The van der Waals surface area contributed by atoms with E-state index >= 15 is 0 Å². The fourth-order valence-corrected chi connectivity index (χ4v) is 1.47. The lowest BCUT2D eigenvalue weighted by Gasteiger charge is -2.19. The molecule has 0 saturated carbocycles. The normalized spacial score (nSPS) is 15.8. The van der Waals surface area contributed by atoms with Crippen LogP contribution < -0.4 is 0 Å². The first-order valence-electron chi connectivity index (χ1n) is 4.19. The van der Waals surface area contributed by atoms with E-state index in [4.69, 9.17) is 4.74 Å². The van der Waals surface area contributed by atoms with E-state index in [-0.39, 0.29) is 0 Å². The number of hydrogen-bond acceptors (Lipinski definition) is 1. The average Bonchev–Trinajstić information content (AvgIpc) is 2.01. The molecule has 2 rings (SSSR count). The molecule has 0 aliphatic carbocycles. The SMILES string of the molecule is Brc1cccc(C#CC2COC2)c1. The molecule has 0 atom stereocenters. The van der Waals surface area contributed by atoms with Gasteiger partial charge in [-0.3, -0.25) is 0 Å². The molecule has 0 amide bonds. The van der Waals surface area contributed by atoms with Crippen LogP contribution >= 0.6 is 15.9 Å². The van der Waals surface area contributed by atoms with E-state index < -0.39 is 0 Å². The second-order valence-corrected chi connectivity index (χ2v) is 3.93. The largest absolute Gasteiger partial charge is 0.379 e. The molecule has 1 saturated heterocycles. The Balaban J connectivity index is 2.10. The van der Waals surface area contributed by atoms with Crippen molar-refractivity contribution in [3.8, 4) is 11.8 Å². The number of ether oxygens (including phenoxy) is 1. The summed E-state index contributed by atoms with van der Waals surface area (Å²) in [7, 11) is 0. The zero-order valence-electron chi connectivity index (χ0n) is 7.09. The molecule has 1 aliphatic rings. The van der Waals surface area contributed by atoms with Gasteiger partial charge in [0.2, 0.25) is 0 Å². The van der Waals surface area contributed by atoms with Gasteiger partial charge in [-0.1, -0.05) is 33.8 Å². The standard InChI is InChI=1S/C11H9BrO/c12-11-3-1-2-9(6-11)4-5-10-7-13-8-10/h1-3,6,10H,7-8H2. The summed E-state index contributed by atoms with van der Waals surface area (Å²) in [5.41, 5.74) is 1.06. The van der Waals surface area contributed by atoms with Crippen molar-refractivity contribution in [2.45, 2.75) is 0 Å². The minimum absolute atomic E-state index is 0.444. The summed E-state index contributed by atoms with van der Waals surface area (Å²) in [6, 6.07) is 8.02. The van der Waals surface area contributed by atoms with E-state index in [9.17, 15) is 0 Å². The molecule has 1 aromatic rings. The van der Waals surface area contributed by atoms with Crippen molar-refractivity contribution in [1.82, 2.24) is 0 Å². The van der Waals surface area contributed by atoms with Gasteiger partial charge < -0.3 is 4.74 Å². The van der Waals surface area contributed by atoms with Gasteiger partial charge in [0, 0.05) is 10.0 Å². The van der Waals surface area contributed by atoms with Crippen LogP contribution in [0.15, 0.2) is 28.7 Å². The highest BCUT2D eigenvalue weighted by molar-refractivity contribution is 9.10. The Labute approximate surface area is 86.2 Å². The van der Waals surface area contributed by atoms with Crippen LogP contribution in [0.1, 0.15) is 5.56 Å². The fourth-order valence-electron chi connectivity index (χ4n) is 1.07. The smallest absolute Gasteiger partial charge is 0.0674 e. The molecule has 13 heavy (non-hydrogen) atoms. The van der Waals surface area contributed by atoms with Crippen LogP contribution in [0.5, 0.6) is 0 Å². The lowest BCUT2D eigenvalue weighted by atomic mass is 10.1. The van der Waals surface area contributed by atoms with E-state index in [1.807, 2.05) is 24.3 Å². The summed E-state index contributed by atoms with van der Waals surface area (Å²) in [6.07, 6.45) is 0. The molecule has 0 bridgehead atoms. The van der Waals surface area contributed by atoms with E-state index in [1.54, 1.807) is 0 Å². The van der Waals surface area contributed by atoms with E-state index in [0.29, 0.717) is 5.92 Å². The van der Waals surface area contributed by atoms with E-state index in [2.05, 4.69) is 27.8 Å². The van der Waals surface area contributed by atoms with Crippen LogP contribution in [-0.2, 0) is 4.74 Å². The average molecular weight is 237 g/mol. The van der Waals surface area contributed by atoms with Gasteiger partial charge in [-0.05, 0) is 18.2 Å². The van der Waals surface area contributed by atoms with Crippen molar-refractivity contribution in [2.75, 3.05) is 13.2 Å². The second kappa shape index (κ2) is 3.95. The van der Waals surface area contributed by atoms with Crippen LogP contribution in [0, 0.1) is 17.8 Å². The molecule has 0 radical (unpaired) electrons. The highest BCUT2D eigenvalue weighted by Gasteiger charge is 2.14. The third-order valence-corrected chi connectivity index (χ3v) is 2.38. The highest BCUT2D eigenvalue weighted by atomic mass is 79.9.